The molecule has 1 aromatic heterocycles. The summed E-state index contributed by atoms with van der Waals surface area (Å²) < 4.78 is 25.5. The second kappa shape index (κ2) is 7.55. The molecule has 0 radical (unpaired) electrons. The summed E-state index contributed by atoms with van der Waals surface area (Å²) in [5.41, 5.74) is 2.99. The maximum absolute atomic E-state index is 13.3. The summed E-state index contributed by atoms with van der Waals surface area (Å²) in [7, 11) is 3.06. The molecule has 0 saturated heterocycles. The van der Waals surface area contributed by atoms with Crippen molar-refractivity contribution in [3.8, 4) is 17.2 Å². The normalized spacial score (nSPS) is 12.5. The Kier molecular flexibility index (Phi) is 4.95. The second-order valence-electron chi connectivity index (χ2n) is 6.21. The van der Waals surface area contributed by atoms with Gasteiger partial charge in [0.15, 0.2) is 0 Å². The van der Waals surface area contributed by atoms with Crippen LogP contribution < -0.4 is 14.8 Å². The van der Waals surface area contributed by atoms with Crippen LogP contribution in [0.1, 0.15) is 21.6 Å². The number of anilines is 1. The number of nitrogens with zero attached hydrogens (tertiary/aromatic N) is 2. The standard InChI is InChI=1S/C20H18FN3O3S/c1-26-15-7-12(8-16(9-15)27-2)20(25)22-19-17-10-28-11-18(17)23-24(19)14-5-3-13(21)4-6-14/h3-9H,10-11H2,1-2H3,(H,22,25). The van der Waals surface area contributed by atoms with Gasteiger partial charge in [0, 0.05) is 28.7 Å². The summed E-state index contributed by atoms with van der Waals surface area (Å²) in [6.07, 6.45) is 0. The van der Waals surface area contributed by atoms with Gasteiger partial charge in [0.1, 0.15) is 23.1 Å². The van der Waals surface area contributed by atoms with Gasteiger partial charge in [-0.15, -0.1) is 0 Å². The number of halogens is 1. The van der Waals surface area contributed by atoms with E-state index in [0.29, 0.717) is 28.6 Å². The molecule has 28 heavy (non-hydrogen) atoms. The number of nitrogens with one attached hydrogen (secondary N) is 1. The number of fused-ring (bicyclic) bond motifs is 1. The number of rotatable bonds is 5. The smallest absolute Gasteiger partial charge is 0.257 e. The minimum absolute atomic E-state index is 0.305. The summed E-state index contributed by atoms with van der Waals surface area (Å²) in [6.45, 7) is 0. The molecule has 0 atom stereocenters. The first-order valence-electron chi connectivity index (χ1n) is 8.58. The highest BCUT2D eigenvalue weighted by Gasteiger charge is 2.25. The van der Waals surface area contributed by atoms with Crippen LogP contribution >= 0.6 is 11.8 Å². The molecule has 0 fully saturated rings. The Morgan fingerprint density at radius 2 is 1.79 bits per heavy atom. The van der Waals surface area contributed by atoms with E-state index in [0.717, 1.165) is 22.8 Å². The first kappa shape index (κ1) is 18.4. The quantitative estimate of drug-likeness (QED) is 0.702. The van der Waals surface area contributed by atoms with E-state index in [1.54, 1.807) is 46.8 Å². The molecule has 3 aromatic rings. The lowest BCUT2D eigenvalue weighted by Crippen LogP contribution is -2.16. The second-order valence-corrected chi connectivity index (χ2v) is 7.20. The molecule has 0 bridgehead atoms. The number of benzene rings is 2. The number of hydrogen-bond acceptors (Lipinski definition) is 5. The van der Waals surface area contributed by atoms with Crippen molar-refractivity contribution in [2.75, 3.05) is 19.5 Å². The molecule has 1 aliphatic heterocycles. The topological polar surface area (TPSA) is 65.4 Å². The Labute approximate surface area is 165 Å². The van der Waals surface area contributed by atoms with Crippen molar-refractivity contribution in [3.63, 3.8) is 0 Å². The predicted molar refractivity (Wildman–Crippen MR) is 106 cm³/mol. The van der Waals surface area contributed by atoms with Gasteiger partial charge in [-0.1, -0.05) is 0 Å². The maximum atomic E-state index is 13.3. The highest BCUT2D eigenvalue weighted by molar-refractivity contribution is 7.98. The number of methoxy groups -OCH3 is 2. The fourth-order valence-corrected chi connectivity index (χ4v) is 4.06. The van der Waals surface area contributed by atoms with Crippen LogP contribution in [0, 0.1) is 5.82 Å². The molecule has 1 N–H and O–H groups in total. The highest BCUT2D eigenvalue weighted by Crippen LogP contribution is 2.36. The molecule has 0 saturated carbocycles. The third kappa shape index (κ3) is 3.43. The highest BCUT2D eigenvalue weighted by atomic mass is 32.2. The first-order valence-corrected chi connectivity index (χ1v) is 9.73. The van der Waals surface area contributed by atoms with Crippen molar-refractivity contribution in [2.45, 2.75) is 11.5 Å². The molecular formula is C20H18FN3O3S. The van der Waals surface area contributed by atoms with Crippen LogP contribution in [0.2, 0.25) is 0 Å². The van der Waals surface area contributed by atoms with Crippen LogP contribution in [0.4, 0.5) is 10.2 Å². The Bertz CT molecular complexity index is 1010. The molecular weight excluding hydrogens is 381 g/mol. The van der Waals surface area contributed by atoms with Gasteiger partial charge in [0.05, 0.1) is 25.6 Å². The fourth-order valence-electron chi connectivity index (χ4n) is 3.03. The number of amides is 1. The molecule has 6 nitrogen and oxygen atoms in total. The van der Waals surface area contributed by atoms with E-state index < -0.39 is 0 Å². The van der Waals surface area contributed by atoms with E-state index in [9.17, 15) is 9.18 Å². The third-order valence-corrected chi connectivity index (χ3v) is 5.44. The Morgan fingerprint density at radius 1 is 1.11 bits per heavy atom. The van der Waals surface area contributed by atoms with Crippen LogP contribution in [0.25, 0.3) is 5.69 Å². The predicted octanol–water partition coefficient (Wildman–Crippen LogP) is 4.03. The molecule has 2 heterocycles. The molecule has 0 aliphatic carbocycles. The fraction of sp³-hybridized carbons (Fsp3) is 0.200. The first-order chi connectivity index (χ1) is 13.6. The van der Waals surface area contributed by atoms with E-state index >= 15 is 0 Å². The molecule has 2 aromatic carbocycles. The zero-order valence-corrected chi connectivity index (χ0v) is 16.2. The summed E-state index contributed by atoms with van der Waals surface area (Å²) in [5, 5.41) is 7.58. The van der Waals surface area contributed by atoms with Gasteiger partial charge in [0.2, 0.25) is 0 Å². The molecule has 1 aliphatic rings. The van der Waals surface area contributed by atoms with Crippen LogP contribution in [0.15, 0.2) is 42.5 Å². The van der Waals surface area contributed by atoms with Crippen molar-refractivity contribution in [1.29, 1.82) is 0 Å². The summed E-state index contributed by atoms with van der Waals surface area (Å²) >= 11 is 1.74. The van der Waals surface area contributed by atoms with Gasteiger partial charge in [0.25, 0.3) is 5.91 Å². The molecule has 144 valence electrons. The molecule has 4 rings (SSSR count). The lowest BCUT2D eigenvalue weighted by atomic mass is 10.1. The lowest BCUT2D eigenvalue weighted by Gasteiger charge is -2.12. The number of aromatic nitrogens is 2. The minimum Gasteiger partial charge on any atom is -0.497 e. The van der Waals surface area contributed by atoms with E-state index in [1.807, 2.05) is 0 Å². The summed E-state index contributed by atoms with van der Waals surface area (Å²) in [5.74, 6) is 2.55. The SMILES string of the molecule is COc1cc(OC)cc(C(=O)Nc2c3c(nn2-c2ccc(F)cc2)CSC3)c1. The summed E-state index contributed by atoms with van der Waals surface area (Å²) in [6, 6.07) is 11.0. The number of carbonyl (C=O) groups is 1. The van der Waals surface area contributed by atoms with Gasteiger partial charge in [-0.05, 0) is 36.4 Å². The van der Waals surface area contributed by atoms with E-state index in [1.165, 1.54) is 26.4 Å². The molecule has 1 amide bonds. The Balaban J connectivity index is 1.72. The maximum Gasteiger partial charge on any atom is 0.257 e. The number of hydrogen-bond donors (Lipinski definition) is 1. The van der Waals surface area contributed by atoms with Crippen molar-refractivity contribution >= 4 is 23.5 Å². The van der Waals surface area contributed by atoms with E-state index in [-0.39, 0.29) is 11.7 Å². The van der Waals surface area contributed by atoms with E-state index in [4.69, 9.17) is 9.47 Å². The van der Waals surface area contributed by atoms with Gasteiger partial charge in [-0.25, -0.2) is 9.07 Å². The molecule has 8 heteroatoms. The molecule has 0 spiro atoms. The van der Waals surface area contributed by atoms with Crippen molar-refractivity contribution in [3.05, 3.63) is 65.1 Å². The number of thioether (sulfide) groups is 1. The number of ether oxygens (including phenoxy) is 2. The average Bonchev–Trinajstić information content (AvgIpc) is 3.30. The zero-order chi connectivity index (χ0) is 19.7. The van der Waals surface area contributed by atoms with Crippen LogP contribution in [0.3, 0.4) is 0 Å². The molecule has 0 unspecified atom stereocenters. The van der Waals surface area contributed by atoms with Gasteiger partial charge >= 0.3 is 0 Å². The number of carbonyl (C=O) groups excluding carboxylic acids is 1. The average molecular weight is 399 g/mol. The van der Waals surface area contributed by atoms with Crippen LogP contribution in [-0.2, 0) is 11.5 Å². The monoisotopic (exact) mass is 399 g/mol. The van der Waals surface area contributed by atoms with Crippen LogP contribution in [0.5, 0.6) is 11.5 Å². The summed E-state index contributed by atoms with van der Waals surface area (Å²) in [4.78, 5) is 13.0. The lowest BCUT2D eigenvalue weighted by molar-refractivity contribution is 0.102. The van der Waals surface area contributed by atoms with Gasteiger partial charge in [-0.3, -0.25) is 4.79 Å². The largest absolute Gasteiger partial charge is 0.497 e. The third-order valence-electron chi connectivity index (χ3n) is 4.47. The van der Waals surface area contributed by atoms with Crippen molar-refractivity contribution in [1.82, 2.24) is 9.78 Å². The van der Waals surface area contributed by atoms with Crippen molar-refractivity contribution < 1.29 is 18.7 Å². The van der Waals surface area contributed by atoms with E-state index in [2.05, 4.69) is 10.4 Å². The van der Waals surface area contributed by atoms with Gasteiger partial charge < -0.3 is 14.8 Å². The Hall–Kier alpha value is -3.00. The Morgan fingerprint density at radius 3 is 2.43 bits per heavy atom. The van der Waals surface area contributed by atoms with Crippen LogP contribution in [-0.4, -0.2) is 29.9 Å². The van der Waals surface area contributed by atoms with Gasteiger partial charge in [-0.2, -0.15) is 16.9 Å². The van der Waals surface area contributed by atoms with Crippen molar-refractivity contribution in [2.24, 2.45) is 0 Å². The zero-order valence-electron chi connectivity index (χ0n) is 15.4. The minimum atomic E-state index is -0.326.